The topological polar surface area (TPSA) is 38.3 Å². The molecular weight excluding hydrogens is 395 g/mol. The minimum absolute atomic E-state index is 0.0962. The summed E-state index contributed by atoms with van der Waals surface area (Å²) in [4.78, 5) is 12.0. The molecule has 0 aliphatic rings. The number of amides is 1. The van der Waals surface area contributed by atoms with E-state index in [2.05, 4.69) is 10.1 Å². The lowest BCUT2D eigenvalue weighted by atomic mass is 10.1. The van der Waals surface area contributed by atoms with Crippen LogP contribution in [0.5, 0.6) is 5.75 Å². The van der Waals surface area contributed by atoms with Crippen LogP contribution < -0.4 is 10.1 Å². The Morgan fingerprint density at radius 2 is 1.64 bits per heavy atom. The van der Waals surface area contributed by atoms with Crippen molar-refractivity contribution in [1.82, 2.24) is 0 Å². The monoisotopic (exact) mass is 409 g/mol. The maximum absolute atomic E-state index is 13.2. The van der Waals surface area contributed by atoms with Crippen molar-refractivity contribution in [2.24, 2.45) is 0 Å². The molecule has 152 valence electrons. The normalized spacial score (nSPS) is 12.1. The van der Waals surface area contributed by atoms with Gasteiger partial charge in [0.2, 0.25) is 5.91 Å². The Labute approximate surface area is 155 Å². The first-order valence-electron chi connectivity index (χ1n) is 7.83. The third-order valence-corrected chi connectivity index (χ3v) is 3.52. The van der Waals surface area contributed by atoms with Gasteiger partial charge in [0, 0.05) is 5.69 Å². The maximum Gasteiger partial charge on any atom is 0.420 e. The number of hydrogen-bond acceptors (Lipinski definition) is 2. The van der Waals surface area contributed by atoms with Gasteiger partial charge in [-0.05, 0) is 23.8 Å². The molecule has 0 radical (unpaired) electrons. The Kier molecular flexibility index (Phi) is 6.52. The predicted octanol–water partition coefficient (Wildman–Crippen LogP) is 5.17. The van der Waals surface area contributed by atoms with Crippen molar-refractivity contribution in [3.05, 3.63) is 59.7 Å². The van der Waals surface area contributed by atoms with Crippen LogP contribution in [0, 0.1) is 0 Å². The van der Waals surface area contributed by atoms with Crippen molar-refractivity contribution in [2.45, 2.75) is 24.9 Å². The van der Waals surface area contributed by atoms with Gasteiger partial charge in [-0.2, -0.15) is 22.0 Å². The summed E-state index contributed by atoms with van der Waals surface area (Å²) in [5.74, 6) is -6.25. The van der Waals surface area contributed by atoms with Crippen molar-refractivity contribution < 1.29 is 40.3 Å². The Morgan fingerprint density at radius 1 is 1.00 bits per heavy atom. The molecular formula is C18H14F7NO2. The third kappa shape index (κ3) is 5.86. The minimum Gasteiger partial charge on any atom is -0.486 e. The van der Waals surface area contributed by atoms with E-state index in [1.807, 2.05) is 0 Å². The lowest BCUT2D eigenvalue weighted by Crippen LogP contribution is -2.34. The van der Waals surface area contributed by atoms with Gasteiger partial charge in [0.25, 0.3) is 0 Å². The Hall–Kier alpha value is -2.78. The molecule has 28 heavy (non-hydrogen) atoms. The third-order valence-electron chi connectivity index (χ3n) is 3.52. The van der Waals surface area contributed by atoms with Gasteiger partial charge in [0.1, 0.15) is 5.75 Å². The average molecular weight is 409 g/mol. The summed E-state index contributed by atoms with van der Waals surface area (Å²) in [5.41, 5.74) is -1.10. The van der Waals surface area contributed by atoms with E-state index in [-0.39, 0.29) is 12.1 Å². The Morgan fingerprint density at radius 3 is 2.21 bits per heavy atom. The van der Waals surface area contributed by atoms with E-state index >= 15 is 0 Å². The summed E-state index contributed by atoms with van der Waals surface area (Å²) < 4.78 is 93.9. The number of anilines is 1. The van der Waals surface area contributed by atoms with Crippen LogP contribution in [-0.4, -0.2) is 24.9 Å². The molecule has 3 nitrogen and oxygen atoms in total. The molecule has 2 aromatic rings. The van der Waals surface area contributed by atoms with Crippen LogP contribution in [0.15, 0.2) is 48.5 Å². The second-order valence-electron chi connectivity index (χ2n) is 5.77. The number of halogens is 7. The van der Waals surface area contributed by atoms with Gasteiger partial charge in [-0.3, -0.25) is 4.79 Å². The molecule has 2 rings (SSSR count). The van der Waals surface area contributed by atoms with Gasteiger partial charge < -0.3 is 10.1 Å². The highest BCUT2D eigenvalue weighted by Crippen LogP contribution is 2.38. The summed E-state index contributed by atoms with van der Waals surface area (Å²) in [6.45, 7) is -1.92. The van der Waals surface area contributed by atoms with Crippen LogP contribution in [0.2, 0.25) is 0 Å². The number of nitrogens with one attached hydrogen (secondary N) is 1. The minimum atomic E-state index is -5.02. The fourth-order valence-corrected chi connectivity index (χ4v) is 2.18. The van der Waals surface area contributed by atoms with Crippen LogP contribution in [0.1, 0.15) is 11.1 Å². The second-order valence-corrected chi connectivity index (χ2v) is 5.77. The number of carbonyl (C=O) groups excluding carboxylic acids is 1. The fraction of sp³-hybridized carbons (Fsp3) is 0.278. The lowest BCUT2D eigenvalue weighted by molar-refractivity contribution is -0.153. The van der Waals surface area contributed by atoms with Gasteiger partial charge in [-0.15, -0.1) is 0 Å². The van der Waals surface area contributed by atoms with Crippen LogP contribution in [-0.2, 0) is 17.4 Å². The van der Waals surface area contributed by atoms with Crippen molar-refractivity contribution >= 4 is 11.6 Å². The molecule has 0 aliphatic carbocycles. The van der Waals surface area contributed by atoms with Crippen LogP contribution in [0.25, 0.3) is 0 Å². The SMILES string of the molecule is O=C(Cc1ccccc1)Nc1ccc(OCC(F)(F)C(F)F)c(C(F)(F)F)c1. The van der Waals surface area contributed by atoms with E-state index in [1.54, 1.807) is 30.3 Å². The highest BCUT2D eigenvalue weighted by Gasteiger charge is 2.43. The molecule has 1 N–H and O–H groups in total. The smallest absolute Gasteiger partial charge is 0.420 e. The Balaban J connectivity index is 2.16. The number of carbonyl (C=O) groups is 1. The summed E-state index contributed by atoms with van der Waals surface area (Å²) >= 11 is 0. The molecule has 0 aromatic heterocycles. The van der Waals surface area contributed by atoms with E-state index in [0.717, 1.165) is 6.07 Å². The number of hydrogen-bond donors (Lipinski definition) is 1. The summed E-state index contributed by atoms with van der Waals surface area (Å²) in [6.07, 6.45) is -9.20. The van der Waals surface area contributed by atoms with E-state index < -0.39 is 42.4 Å². The number of rotatable bonds is 7. The van der Waals surface area contributed by atoms with E-state index in [9.17, 15) is 35.5 Å². The quantitative estimate of drug-likeness (QED) is 0.641. The maximum atomic E-state index is 13.2. The first-order chi connectivity index (χ1) is 13.0. The molecule has 0 fully saturated rings. The molecule has 0 bridgehead atoms. The second kappa shape index (κ2) is 8.49. The van der Waals surface area contributed by atoms with Crippen molar-refractivity contribution in [3.8, 4) is 5.75 Å². The summed E-state index contributed by atoms with van der Waals surface area (Å²) in [7, 11) is 0. The molecule has 0 aliphatic heterocycles. The number of ether oxygens (including phenoxy) is 1. The van der Waals surface area contributed by atoms with Crippen LogP contribution in [0.4, 0.5) is 36.4 Å². The molecule has 0 unspecified atom stereocenters. The van der Waals surface area contributed by atoms with Gasteiger partial charge >= 0.3 is 18.5 Å². The van der Waals surface area contributed by atoms with Gasteiger partial charge in [0.05, 0.1) is 12.0 Å². The van der Waals surface area contributed by atoms with Gasteiger partial charge in [0.15, 0.2) is 6.61 Å². The zero-order valence-electron chi connectivity index (χ0n) is 14.1. The molecule has 1 amide bonds. The zero-order chi connectivity index (χ0) is 20.9. The molecule has 0 saturated heterocycles. The highest BCUT2D eigenvalue weighted by molar-refractivity contribution is 5.92. The van der Waals surface area contributed by atoms with Crippen LogP contribution in [0.3, 0.4) is 0 Å². The molecule has 0 atom stereocenters. The van der Waals surface area contributed by atoms with E-state index in [4.69, 9.17) is 0 Å². The van der Waals surface area contributed by atoms with Gasteiger partial charge in [-0.1, -0.05) is 30.3 Å². The van der Waals surface area contributed by atoms with Crippen LogP contribution >= 0.6 is 0 Å². The predicted molar refractivity (Wildman–Crippen MR) is 86.7 cm³/mol. The summed E-state index contributed by atoms with van der Waals surface area (Å²) in [5, 5.41) is 2.26. The van der Waals surface area contributed by atoms with Crippen molar-refractivity contribution in [3.63, 3.8) is 0 Å². The molecule has 0 spiro atoms. The zero-order valence-corrected chi connectivity index (χ0v) is 14.1. The van der Waals surface area contributed by atoms with Crippen molar-refractivity contribution in [2.75, 3.05) is 11.9 Å². The largest absolute Gasteiger partial charge is 0.486 e. The molecule has 0 heterocycles. The highest BCUT2D eigenvalue weighted by atomic mass is 19.4. The average Bonchev–Trinajstić information content (AvgIpc) is 2.60. The fourth-order valence-electron chi connectivity index (χ4n) is 2.18. The number of alkyl halides is 7. The van der Waals surface area contributed by atoms with Gasteiger partial charge in [-0.25, -0.2) is 8.78 Å². The Bertz CT molecular complexity index is 807. The van der Waals surface area contributed by atoms with Crippen molar-refractivity contribution in [1.29, 1.82) is 0 Å². The molecule has 2 aromatic carbocycles. The van der Waals surface area contributed by atoms with E-state index in [0.29, 0.717) is 17.7 Å². The lowest BCUT2D eigenvalue weighted by Gasteiger charge is -2.19. The summed E-state index contributed by atoms with van der Waals surface area (Å²) in [6, 6.07) is 10.6. The van der Waals surface area contributed by atoms with E-state index in [1.165, 1.54) is 0 Å². The molecule has 0 saturated carbocycles. The first-order valence-corrected chi connectivity index (χ1v) is 7.83. The first kappa shape index (κ1) is 21.5. The standard InChI is InChI=1S/C18H14F7NO2/c19-16(20)17(21,22)10-28-14-7-6-12(9-13(14)18(23,24)25)26-15(27)8-11-4-2-1-3-5-11/h1-7,9,16H,8,10H2,(H,26,27). The number of benzene rings is 2. The molecule has 10 heteroatoms.